The number of aliphatic hydroxyl groups excluding tert-OH is 2. The molecule has 0 spiro atoms. The average molecular weight is 524 g/mol. The number of rotatable bonds is 31. The van der Waals surface area contributed by atoms with Gasteiger partial charge in [-0.15, -0.1) is 0 Å². The van der Waals surface area contributed by atoms with Crippen molar-refractivity contribution in [3.05, 3.63) is 12.2 Å². The lowest BCUT2D eigenvalue weighted by atomic mass is 10.0. The predicted molar refractivity (Wildman–Crippen MR) is 165 cm³/mol. The lowest BCUT2D eigenvalue weighted by Gasteiger charge is -2.11. The van der Waals surface area contributed by atoms with Crippen LogP contribution < -0.4 is 5.73 Å². The molecule has 0 aromatic rings. The van der Waals surface area contributed by atoms with Crippen molar-refractivity contribution in [3.8, 4) is 0 Å². The van der Waals surface area contributed by atoms with Gasteiger partial charge in [0, 0.05) is 0 Å². The van der Waals surface area contributed by atoms with Crippen molar-refractivity contribution in [1.82, 2.24) is 0 Å². The third-order valence-corrected chi connectivity index (χ3v) is 7.96. The Bertz CT molecular complexity index is 440. The predicted octanol–water partition coefficient (Wildman–Crippen LogP) is 10.2. The van der Waals surface area contributed by atoms with Crippen LogP contribution in [0.5, 0.6) is 0 Å². The smallest absolute Gasteiger partial charge is 0.0894 e. The molecule has 4 N–H and O–H groups in total. The van der Waals surface area contributed by atoms with Crippen molar-refractivity contribution in [2.45, 2.75) is 199 Å². The molecule has 0 aliphatic heterocycles. The van der Waals surface area contributed by atoms with E-state index < -0.39 is 12.1 Å². The monoisotopic (exact) mass is 524 g/mol. The lowest BCUT2D eigenvalue weighted by Crippen LogP contribution is -2.36. The second-order valence-corrected chi connectivity index (χ2v) is 11.7. The molecule has 0 unspecified atom stereocenters. The Hall–Kier alpha value is -0.380. The summed E-state index contributed by atoms with van der Waals surface area (Å²) in [4.78, 5) is 0. The summed E-state index contributed by atoms with van der Waals surface area (Å²) in [6.45, 7) is 2.12. The van der Waals surface area contributed by atoms with Crippen LogP contribution in [0.3, 0.4) is 0 Å². The van der Waals surface area contributed by atoms with Crippen molar-refractivity contribution >= 4 is 0 Å². The Morgan fingerprint density at radius 1 is 0.486 bits per heavy atom. The van der Waals surface area contributed by atoms with E-state index in [1.165, 1.54) is 173 Å². The fraction of sp³-hybridized carbons (Fsp3) is 0.941. The molecule has 0 amide bonds. The van der Waals surface area contributed by atoms with E-state index in [0.29, 0.717) is 0 Å². The van der Waals surface area contributed by atoms with Gasteiger partial charge < -0.3 is 15.9 Å². The van der Waals surface area contributed by atoms with Crippen LogP contribution in [0, 0.1) is 0 Å². The van der Waals surface area contributed by atoms with E-state index in [9.17, 15) is 5.11 Å². The molecule has 3 heteroatoms. The fourth-order valence-corrected chi connectivity index (χ4v) is 5.24. The highest BCUT2D eigenvalue weighted by molar-refractivity contribution is 4.93. The molecule has 0 fully saturated rings. The molecule has 0 aliphatic carbocycles. The number of allylic oxidation sites excluding steroid dienone is 1. The summed E-state index contributed by atoms with van der Waals surface area (Å²) in [5, 5.41) is 18.5. The van der Waals surface area contributed by atoms with Gasteiger partial charge >= 0.3 is 0 Å². The largest absolute Gasteiger partial charge is 0.395 e. The Morgan fingerprint density at radius 3 is 1.03 bits per heavy atom. The van der Waals surface area contributed by atoms with Gasteiger partial charge in [0.1, 0.15) is 0 Å². The molecular formula is C34H69NO2. The number of hydrogen-bond acceptors (Lipinski definition) is 3. The molecule has 0 bridgehead atoms. The standard InChI is InChI=1S/C34H69NO2/c1-2-3-4-5-6-7-8-9-10-11-12-13-14-15-16-17-18-19-20-21-22-23-24-25-26-27-28-29-30-31-34(37)33(35)32-36/h30-31,33-34,36-37H,2-29,32,35H2,1H3/b31-30+/t33-,34+/m0/s1. The Morgan fingerprint density at radius 2 is 0.757 bits per heavy atom. The Kier molecular flexibility index (Phi) is 31.5. The van der Waals surface area contributed by atoms with Crippen LogP contribution in [-0.2, 0) is 0 Å². The second-order valence-electron chi connectivity index (χ2n) is 11.7. The zero-order chi connectivity index (χ0) is 27.1. The summed E-state index contributed by atoms with van der Waals surface area (Å²) in [7, 11) is 0. The highest BCUT2D eigenvalue weighted by atomic mass is 16.3. The maximum Gasteiger partial charge on any atom is 0.0894 e. The molecule has 37 heavy (non-hydrogen) atoms. The number of aliphatic hydroxyl groups is 2. The van der Waals surface area contributed by atoms with Gasteiger partial charge in [-0.2, -0.15) is 0 Å². The molecule has 0 aliphatic rings. The van der Waals surface area contributed by atoms with E-state index >= 15 is 0 Å². The number of unbranched alkanes of at least 4 members (excludes halogenated alkanes) is 27. The SMILES string of the molecule is CCCCCCCCCCCCCCCCCCCCCCCCCCCCC/C=C/[C@@H](O)[C@@H](N)CO. The van der Waals surface area contributed by atoms with Gasteiger partial charge in [0.05, 0.1) is 18.8 Å². The zero-order valence-electron chi connectivity index (χ0n) is 25.3. The van der Waals surface area contributed by atoms with E-state index in [-0.39, 0.29) is 6.61 Å². The van der Waals surface area contributed by atoms with Crippen LogP contribution in [0.15, 0.2) is 12.2 Å². The average Bonchev–Trinajstić information content (AvgIpc) is 2.91. The van der Waals surface area contributed by atoms with Gasteiger partial charge in [0.2, 0.25) is 0 Å². The minimum absolute atomic E-state index is 0.176. The molecule has 3 nitrogen and oxygen atoms in total. The number of nitrogens with two attached hydrogens (primary N) is 1. The molecule has 2 atom stereocenters. The molecule has 0 saturated heterocycles. The van der Waals surface area contributed by atoms with E-state index in [1.807, 2.05) is 6.08 Å². The molecule has 0 aromatic carbocycles. The van der Waals surface area contributed by atoms with Gasteiger partial charge in [-0.1, -0.05) is 186 Å². The van der Waals surface area contributed by atoms with Crippen LogP contribution in [0.2, 0.25) is 0 Å². The van der Waals surface area contributed by atoms with Gasteiger partial charge in [-0.05, 0) is 12.8 Å². The topological polar surface area (TPSA) is 66.5 Å². The summed E-state index contributed by atoms with van der Waals surface area (Å²) in [6, 6.07) is -0.560. The first-order valence-electron chi connectivity index (χ1n) is 16.9. The first-order chi connectivity index (χ1) is 18.2. The highest BCUT2D eigenvalue weighted by Gasteiger charge is 2.08. The van der Waals surface area contributed by atoms with E-state index in [2.05, 4.69) is 6.92 Å². The van der Waals surface area contributed by atoms with Crippen LogP contribution in [0.25, 0.3) is 0 Å². The number of hydrogen-bond donors (Lipinski definition) is 3. The van der Waals surface area contributed by atoms with Crippen molar-refractivity contribution in [1.29, 1.82) is 0 Å². The lowest BCUT2D eigenvalue weighted by molar-refractivity contribution is 0.144. The summed E-state index contributed by atoms with van der Waals surface area (Å²) < 4.78 is 0. The summed E-state index contributed by atoms with van der Waals surface area (Å²) in [5.74, 6) is 0. The first-order valence-corrected chi connectivity index (χ1v) is 16.9. The third-order valence-electron chi connectivity index (χ3n) is 7.96. The van der Waals surface area contributed by atoms with E-state index in [4.69, 9.17) is 10.8 Å². The van der Waals surface area contributed by atoms with Gasteiger partial charge in [-0.25, -0.2) is 0 Å². The maximum atomic E-state index is 9.65. The Balaban J connectivity index is 3.10. The van der Waals surface area contributed by atoms with Gasteiger partial charge in [0.25, 0.3) is 0 Å². The summed E-state index contributed by atoms with van der Waals surface area (Å²) in [6.07, 6.45) is 42.5. The van der Waals surface area contributed by atoms with Crippen molar-refractivity contribution in [2.75, 3.05) is 6.61 Å². The van der Waals surface area contributed by atoms with Crippen molar-refractivity contribution in [3.63, 3.8) is 0 Å². The zero-order valence-corrected chi connectivity index (χ0v) is 25.3. The molecule has 0 aromatic heterocycles. The van der Waals surface area contributed by atoms with E-state index in [1.54, 1.807) is 6.08 Å². The highest BCUT2D eigenvalue weighted by Crippen LogP contribution is 2.16. The van der Waals surface area contributed by atoms with Crippen LogP contribution in [0.4, 0.5) is 0 Å². The minimum atomic E-state index is -0.723. The third kappa shape index (κ3) is 30.0. The fourth-order valence-electron chi connectivity index (χ4n) is 5.24. The van der Waals surface area contributed by atoms with Crippen LogP contribution in [-0.4, -0.2) is 29.0 Å². The molecule has 0 rings (SSSR count). The van der Waals surface area contributed by atoms with Crippen LogP contribution >= 0.6 is 0 Å². The maximum absolute atomic E-state index is 9.65. The van der Waals surface area contributed by atoms with Crippen molar-refractivity contribution in [2.24, 2.45) is 5.73 Å². The normalized spacial score (nSPS) is 13.5. The minimum Gasteiger partial charge on any atom is -0.395 e. The molecule has 0 heterocycles. The van der Waals surface area contributed by atoms with Crippen LogP contribution in [0.1, 0.15) is 187 Å². The van der Waals surface area contributed by atoms with Crippen molar-refractivity contribution < 1.29 is 10.2 Å². The molecular weight excluding hydrogens is 454 g/mol. The summed E-state index contributed by atoms with van der Waals surface area (Å²) >= 11 is 0. The quantitative estimate of drug-likeness (QED) is 0.0625. The van der Waals surface area contributed by atoms with Gasteiger partial charge in [0.15, 0.2) is 0 Å². The molecule has 0 radical (unpaired) electrons. The van der Waals surface area contributed by atoms with Gasteiger partial charge in [-0.3, -0.25) is 0 Å². The summed E-state index contributed by atoms with van der Waals surface area (Å²) in [5.41, 5.74) is 5.58. The second kappa shape index (κ2) is 31.8. The molecule has 0 saturated carbocycles. The Labute approximate surface area is 233 Å². The van der Waals surface area contributed by atoms with E-state index in [0.717, 1.165) is 6.42 Å². The molecule has 222 valence electrons. The first kappa shape index (κ1) is 36.6.